The molecule has 304 valence electrons. The first-order valence-electron chi connectivity index (χ1n) is 22.0. The van der Waals surface area contributed by atoms with Crippen LogP contribution in [-0.2, 0) is 5.41 Å². The zero-order valence-corrected chi connectivity index (χ0v) is 37.5. The molecular weight excluding hydrogens is 749 g/mol. The Morgan fingerprint density at radius 2 is 0.968 bits per heavy atom. The maximum Gasteiger partial charge on any atom is 0.252 e. The molecule has 4 heteroatoms. The van der Waals surface area contributed by atoms with E-state index in [-0.39, 0.29) is 12.1 Å². The summed E-state index contributed by atoms with van der Waals surface area (Å²) in [6.07, 6.45) is 0. The number of fused-ring (bicyclic) bond motifs is 4. The molecule has 0 aliphatic carbocycles. The monoisotopic (exact) mass is 803 g/mol. The van der Waals surface area contributed by atoms with Gasteiger partial charge in [-0.2, -0.15) is 0 Å². The first-order chi connectivity index (χ1) is 29.9. The summed E-state index contributed by atoms with van der Waals surface area (Å²) in [4.78, 5) is 7.63. The Balaban J connectivity index is 1.37. The molecule has 0 fully saturated rings. The lowest BCUT2D eigenvalue weighted by Crippen LogP contribution is -2.61. The molecule has 0 saturated carbocycles. The molecule has 0 unspecified atom stereocenters. The van der Waals surface area contributed by atoms with Crippen molar-refractivity contribution >= 4 is 74.3 Å². The van der Waals surface area contributed by atoms with Crippen molar-refractivity contribution < 1.29 is 0 Å². The van der Waals surface area contributed by atoms with Crippen molar-refractivity contribution in [2.45, 2.75) is 67.7 Å². The van der Waals surface area contributed by atoms with E-state index in [0.29, 0.717) is 0 Å². The molecule has 8 aromatic carbocycles. The number of benzene rings is 8. The van der Waals surface area contributed by atoms with Gasteiger partial charge >= 0.3 is 0 Å². The maximum absolute atomic E-state index is 2.58. The van der Waals surface area contributed by atoms with Crippen LogP contribution < -0.4 is 31.1 Å². The van der Waals surface area contributed by atoms with Crippen molar-refractivity contribution in [1.29, 1.82) is 0 Å². The minimum atomic E-state index is -0.0366. The number of nitrogens with zero attached hydrogens (tertiary/aromatic N) is 3. The zero-order valence-electron chi connectivity index (χ0n) is 37.5. The fraction of sp³-hybridized carbons (Fsp3) is 0.172. The molecule has 62 heavy (non-hydrogen) atoms. The van der Waals surface area contributed by atoms with Crippen molar-refractivity contribution in [3.8, 4) is 11.1 Å². The predicted molar refractivity (Wildman–Crippen MR) is 268 cm³/mol. The summed E-state index contributed by atoms with van der Waals surface area (Å²) in [5.41, 5.74) is 25.7. The van der Waals surface area contributed by atoms with Crippen molar-refractivity contribution in [3.63, 3.8) is 0 Å². The van der Waals surface area contributed by atoms with E-state index >= 15 is 0 Å². The van der Waals surface area contributed by atoms with Gasteiger partial charge in [0.2, 0.25) is 0 Å². The molecule has 2 aliphatic heterocycles. The lowest BCUT2D eigenvalue weighted by Gasteiger charge is -2.45. The number of aryl methyl sites for hydroxylation is 6. The van der Waals surface area contributed by atoms with E-state index in [1.54, 1.807) is 0 Å². The Kier molecular flexibility index (Phi) is 9.52. The standard InChI is InChI=1S/C58H54BN3/c1-37-19-25-45(26-20-37)60-53-29-23-40(4)33-48(53)59-49-34-44(58(7,8)9)24-30-54(49)62(52-18-14-13-17-47(52)43-15-11-10-12-16-43)56-36-46(35-55(60)57(56)59)61(50-27-21-38(2)31-41(50)5)51-28-22-39(3)32-42(51)6/h10-36H,1-9H3. The summed E-state index contributed by atoms with van der Waals surface area (Å²) in [6, 6.07) is 62.0. The first kappa shape index (κ1) is 39.4. The molecule has 3 nitrogen and oxygen atoms in total. The van der Waals surface area contributed by atoms with Gasteiger partial charge in [-0.25, -0.2) is 0 Å². The van der Waals surface area contributed by atoms with Crippen LogP contribution in [-0.4, -0.2) is 6.71 Å². The van der Waals surface area contributed by atoms with Crippen LogP contribution in [0.25, 0.3) is 11.1 Å². The molecule has 0 radical (unpaired) electrons. The van der Waals surface area contributed by atoms with E-state index in [1.165, 1.54) is 101 Å². The topological polar surface area (TPSA) is 9.72 Å². The van der Waals surface area contributed by atoms with E-state index in [2.05, 4.69) is 241 Å². The predicted octanol–water partition coefficient (Wildman–Crippen LogP) is 14.1. The third kappa shape index (κ3) is 6.61. The third-order valence-electron chi connectivity index (χ3n) is 13.0. The summed E-state index contributed by atoms with van der Waals surface area (Å²) < 4.78 is 0. The molecule has 0 saturated heterocycles. The zero-order chi connectivity index (χ0) is 43.0. The van der Waals surface area contributed by atoms with Gasteiger partial charge in [0.25, 0.3) is 6.71 Å². The Morgan fingerprint density at radius 1 is 0.435 bits per heavy atom. The lowest BCUT2D eigenvalue weighted by molar-refractivity contribution is 0.591. The number of hydrogen-bond acceptors (Lipinski definition) is 3. The molecule has 0 aromatic heterocycles. The normalized spacial score (nSPS) is 12.8. The van der Waals surface area contributed by atoms with Gasteiger partial charge in [-0.3, -0.25) is 0 Å². The quantitative estimate of drug-likeness (QED) is 0.155. The molecule has 8 aromatic rings. The molecule has 0 spiro atoms. The fourth-order valence-electron chi connectivity index (χ4n) is 9.99. The Bertz CT molecular complexity index is 2980. The van der Waals surface area contributed by atoms with E-state index in [9.17, 15) is 0 Å². The Labute approximate surface area is 369 Å². The van der Waals surface area contributed by atoms with Crippen LogP contribution in [0.3, 0.4) is 0 Å². The molecule has 0 atom stereocenters. The summed E-state index contributed by atoms with van der Waals surface area (Å²) in [6.45, 7) is 20.3. The maximum atomic E-state index is 2.58. The van der Waals surface area contributed by atoms with Crippen LogP contribution in [0.4, 0.5) is 51.2 Å². The summed E-state index contributed by atoms with van der Waals surface area (Å²) >= 11 is 0. The SMILES string of the molecule is Cc1ccc(N2c3ccc(C)cc3B3c4cc(C(C)(C)C)ccc4N(c4ccccc4-c4ccccc4)c4cc(N(c5ccc(C)cc5C)c5ccc(C)cc5C)cc2c43)cc1. The van der Waals surface area contributed by atoms with Crippen LogP contribution in [0.15, 0.2) is 164 Å². The van der Waals surface area contributed by atoms with E-state index in [0.717, 1.165) is 17.1 Å². The summed E-state index contributed by atoms with van der Waals surface area (Å²) in [5.74, 6) is 0. The average molecular weight is 804 g/mol. The molecule has 0 N–H and O–H groups in total. The second-order valence-electron chi connectivity index (χ2n) is 18.7. The highest BCUT2D eigenvalue weighted by Gasteiger charge is 2.45. The highest BCUT2D eigenvalue weighted by atomic mass is 15.2. The Morgan fingerprint density at radius 3 is 1.61 bits per heavy atom. The smallest absolute Gasteiger partial charge is 0.252 e. The second-order valence-corrected chi connectivity index (χ2v) is 18.7. The summed E-state index contributed by atoms with van der Waals surface area (Å²) in [5, 5.41) is 0. The van der Waals surface area contributed by atoms with Gasteiger partial charge in [0.1, 0.15) is 0 Å². The first-order valence-corrected chi connectivity index (χ1v) is 22.0. The van der Waals surface area contributed by atoms with Crippen LogP contribution in [0.2, 0.25) is 0 Å². The minimum absolute atomic E-state index is 0.00115. The fourth-order valence-corrected chi connectivity index (χ4v) is 9.99. The van der Waals surface area contributed by atoms with E-state index < -0.39 is 0 Å². The van der Waals surface area contributed by atoms with Gasteiger partial charge in [0, 0.05) is 45.4 Å². The molecule has 0 bridgehead atoms. The van der Waals surface area contributed by atoms with Crippen LogP contribution >= 0.6 is 0 Å². The van der Waals surface area contributed by atoms with Crippen molar-refractivity contribution in [2.75, 3.05) is 14.7 Å². The number of rotatable bonds is 6. The van der Waals surface area contributed by atoms with Gasteiger partial charge in [0.05, 0.1) is 11.4 Å². The summed E-state index contributed by atoms with van der Waals surface area (Å²) in [7, 11) is 0. The molecule has 10 rings (SSSR count). The number of hydrogen-bond donors (Lipinski definition) is 0. The van der Waals surface area contributed by atoms with Crippen molar-refractivity contribution in [2.24, 2.45) is 0 Å². The lowest BCUT2D eigenvalue weighted by atomic mass is 9.33. The van der Waals surface area contributed by atoms with Gasteiger partial charge in [-0.1, -0.05) is 152 Å². The van der Waals surface area contributed by atoms with Gasteiger partial charge in [0.15, 0.2) is 0 Å². The largest absolute Gasteiger partial charge is 0.311 e. The van der Waals surface area contributed by atoms with E-state index in [4.69, 9.17) is 0 Å². The van der Waals surface area contributed by atoms with Gasteiger partial charge in [-0.15, -0.1) is 0 Å². The second kappa shape index (κ2) is 15.0. The number of para-hydroxylation sites is 1. The average Bonchev–Trinajstić information content (AvgIpc) is 3.25. The molecular formula is C58H54BN3. The van der Waals surface area contributed by atoms with Crippen LogP contribution in [0.5, 0.6) is 0 Å². The minimum Gasteiger partial charge on any atom is -0.311 e. The number of anilines is 9. The molecule has 2 aliphatic rings. The van der Waals surface area contributed by atoms with Crippen LogP contribution in [0.1, 0.15) is 59.7 Å². The van der Waals surface area contributed by atoms with Crippen LogP contribution in [0, 0.1) is 41.5 Å². The third-order valence-corrected chi connectivity index (χ3v) is 13.0. The van der Waals surface area contributed by atoms with Gasteiger partial charge in [-0.05, 0) is 140 Å². The molecule has 0 amide bonds. The van der Waals surface area contributed by atoms with Crippen molar-refractivity contribution in [1.82, 2.24) is 0 Å². The molecule has 2 heterocycles. The highest BCUT2D eigenvalue weighted by molar-refractivity contribution is 7.00. The van der Waals surface area contributed by atoms with Crippen molar-refractivity contribution in [3.05, 3.63) is 203 Å². The highest BCUT2D eigenvalue weighted by Crippen LogP contribution is 2.50. The van der Waals surface area contributed by atoms with Gasteiger partial charge < -0.3 is 14.7 Å². The van der Waals surface area contributed by atoms with E-state index in [1.807, 2.05) is 0 Å². The Hall–Kier alpha value is -6.78.